The number of amides is 1. The van der Waals surface area contributed by atoms with Crippen LogP contribution in [0.3, 0.4) is 0 Å². The highest BCUT2D eigenvalue weighted by Gasteiger charge is 2.28. The molecule has 1 N–H and O–H groups in total. The number of sulfonamides is 1. The number of rotatable bonds is 6. The van der Waals surface area contributed by atoms with E-state index in [1.807, 2.05) is 0 Å². The van der Waals surface area contributed by atoms with Crippen LogP contribution in [0, 0.1) is 6.92 Å². The molecule has 1 aromatic carbocycles. The van der Waals surface area contributed by atoms with Crippen molar-refractivity contribution in [1.82, 2.24) is 9.62 Å². The van der Waals surface area contributed by atoms with Crippen molar-refractivity contribution >= 4 is 15.9 Å². The van der Waals surface area contributed by atoms with Gasteiger partial charge in [-0.2, -0.15) is 4.31 Å². The maximum absolute atomic E-state index is 12.6. The fraction of sp³-hybridized carbons (Fsp3) is 0.533. The molecule has 1 aliphatic rings. The van der Waals surface area contributed by atoms with Gasteiger partial charge in [-0.15, -0.1) is 0 Å². The van der Waals surface area contributed by atoms with Crippen LogP contribution >= 0.6 is 0 Å². The minimum atomic E-state index is -3.51. The molecule has 6 nitrogen and oxygen atoms in total. The van der Waals surface area contributed by atoms with Crippen molar-refractivity contribution in [3.63, 3.8) is 0 Å². The molecule has 1 aliphatic heterocycles. The van der Waals surface area contributed by atoms with Crippen molar-refractivity contribution in [3.05, 3.63) is 29.3 Å². The van der Waals surface area contributed by atoms with E-state index in [-0.39, 0.29) is 10.8 Å². The first-order chi connectivity index (χ1) is 10.5. The molecule has 0 radical (unpaired) electrons. The van der Waals surface area contributed by atoms with Crippen LogP contribution in [0.4, 0.5) is 0 Å². The summed E-state index contributed by atoms with van der Waals surface area (Å²) in [4.78, 5) is 12.3. The summed E-state index contributed by atoms with van der Waals surface area (Å²) in [7, 11) is -1.95. The zero-order chi connectivity index (χ0) is 16.2. The molecule has 1 saturated heterocycles. The lowest BCUT2D eigenvalue weighted by Crippen LogP contribution is -2.30. The Morgan fingerprint density at radius 2 is 2.00 bits per heavy atom. The molecule has 0 unspecified atom stereocenters. The Morgan fingerprint density at radius 3 is 2.64 bits per heavy atom. The summed E-state index contributed by atoms with van der Waals surface area (Å²) < 4.78 is 31.5. The van der Waals surface area contributed by atoms with Crippen molar-refractivity contribution in [3.8, 4) is 0 Å². The Balaban J connectivity index is 2.24. The topological polar surface area (TPSA) is 75.7 Å². The van der Waals surface area contributed by atoms with Gasteiger partial charge in [0.25, 0.3) is 5.91 Å². The number of methoxy groups -OCH3 is 1. The lowest BCUT2D eigenvalue weighted by molar-refractivity contribution is 0.0936. The van der Waals surface area contributed by atoms with Gasteiger partial charge in [-0.3, -0.25) is 4.79 Å². The van der Waals surface area contributed by atoms with Crippen LogP contribution in [-0.4, -0.2) is 52.0 Å². The zero-order valence-electron chi connectivity index (χ0n) is 13.0. The predicted molar refractivity (Wildman–Crippen MR) is 83.4 cm³/mol. The Kier molecular flexibility index (Phi) is 5.55. The fourth-order valence-electron chi connectivity index (χ4n) is 2.45. The van der Waals surface area contributed by atoms with Crippen LogP contribution in [0.5, 0.6) is 0 Å². The van der Waals surface area contributed by atoms with Gasteiger partial charge in [0, 0.05) is 32.3 Å². The van der Waals surface area contributed by atoms with E-state index in [2.05, 4.69) is 5.32 Å². The van der Waals surface area contributed by atoms with E-state index >= 15 is 0 Å². The van der Waals surface area contributed by atoms with Gasteiger partial charge in [-0.1, -0.05) is 6.07 Å². The number of benzene rings is 1. The summed E-state index contributed by atoms with van der Waals surface area (Å²) in [6.07, 6.45) is 1.77. The van der Waals surface area contributed by atoms with Crippen LogP contribution in [0.15, 0.2) is 23.1 Å². The van der Waals surface area contributed by atoms with Crippen LogP contribution < -0.4 is 5.32 Å². The van der Waals surface area contributed by atoms with E-state index in [0.29, 0.717) is 31.8 Å². The van der Waals surface area contributed by atoms with Gasteiger partial charge in [-0.25, -0.2) is 8.42 Å². The largest absolute Gasteiger partial charge is 0.383 e. The molecular weight excluding hydrogens is 304 g/mol. The Morgan fingerprint density at radius 1 is 1.32 bits per heavy atom. The smallest absolute Gasteiger partial charge is 0.251 e. The zero-order valence-corrected chi connectivity index (χ0v) is 13.8. The molecule has 0 spiro atoms. The SMILES string of the molecule is COCCNC(=O)c1cc(S(=O)(=O)N2CCCC2)ccc1C. The number of ether oxygens (including phenoxy) is 1. The van der Waals surface area contributed by atoms with Gasteiger partial charge in [0.05, 0.1) is 11.5 Å². The number of aryl methyl sites for hydroxylation is 1. The second-order valence-electron chi connectivity index (χ2n) is 5.34. The van der Waals surface area contributed by atoms with Crippen molar-refractivity contribution in [2.45, 2.75) is 24.7 Å². The molecule has 0 atom stereocenters. The third-order valence-electron chi connectivity index (χ3n) is 3.75. The number of nitrogens with one attached hydrogen (secondary N) is 1. The van der Waals surface area contributed by atoms with Gasteiger partial charge in [-0.05, 0) is 37.5 Å². The summed E-state index contributed by atoms with van der Waals surface area (Å²) in [5.41, 5.74) is 1.13. The quantitative estimate of drug-likeness (QED) is 0.796. The molecule has 1 amide bonds. The highest BCUT2D eigenvalue weighted by Crippen LogP contribution is 2.23. The number of carbonyl (C=O) groups excluding carboxylic acids is 1. The second kappa shape index (κ2) is 7.21. The maximum Gasteiger partial charge on any atom is 0.251 e. The molecule has 0 bridgehead atoms. The lowest BCUT2D eigenvalue weighted by Gasteiger charge is -2.16. The van der Waals surface area contributed by atoms with E-state index in [1.165, 1.54) is 10.4 Å². The van der Waals surface area contributed by atoms with Crippen LogP contribution in [0.25, 0.3) is 0 Å². The minimum absolute atomic E-state index is 0.178. The molecule has 22 heavy (non-hydrogen) atoms. The number of hydrogen-bond acceptors (Lipinski definition) is 4. The van der Waals surface area contributed by atoms with E-state index in [4.69, 9.17) is 4.74 Å². The monoisotopic (exact) mass is 326 g/mol. The number of nitrogens with zero attached hydrogens (tertiary/aromatic N) is 1. The Hall–Kier alpha value is -1.44. The molecular formula is C15H22N2O4S. The van der Waals surface area contributed by atoms with E-state index in [9.17, 15) is 13.2 Å². The summed E-state index contributed by atoms with van der Waals surface area (Å²) in [6.45, 7) is 3.68. The molecule has 1 heterocycles. The molecule has 122 valence electrons. The van der Waals surface area contributed by atoms with Crippen LogP contribution in [0.1, 0.15) is 28.8 Å². The third kappa shape index (κ3) is 3.66. The van der Waals surface area contributed by atoms with Gasteiger partial charge >= 0.3 is 0 Å². The summed E-state index contributed by atoms with van der Waals surface area (Å²) >= 11 is 0. The van der Waals surface area contributed by atoms with Crippen molar-refractivity contribution < 1.29 is 17.9 Å². The van der Waals surface area contributed by atoms with Crippen LogP contribution in [0.2, 0.25) is 0 Å². The van der Waals surface area contributed by atoms with Crippen molar-refractivity contribution in [2.75, 3.05) is 33.4 Å². The van der Waals surface area contributed by atoms with Gasteiger partial charge in [0.2, 0.25) is 10.0 Å². The third-order valence-corrected chi connectivity index (χ3v) is 5.64. The highest BCUT2D eigenvalue weighted by atomic mass is 32.2. The van der Waals surface area contributed by atoms with E-state index < -0.39 is 10.0 Å². The van der Waals surface area contributed by atoms with Gasteiger partial charge in [0.1, 0.15) is 0 Å². The van der Waals surface area contributed by atoms with Crippen LogP contribution in [-0.2, 0) is 14.8 Å². The first kappa shape index (κ1) is 16.9. The van der Waals surface area contributed by atoms with Crippen molar-refractivity contribution in [2.24, 2.45) is 0 Å². The summed E-state index contributed by atoms with van der Waals surface area (Å²) in [6, 6.07) is 4.70. The Labute approximate surface area is 131 Å². The van der Waals surface area contributed by atoms with E-state index in [0.717, 1.165) is 18.4 Å². The maximum atomic E-state index is 12.6. The first-order valence-electron chi connectivity index (χ1n) is 7.35. The summed E-state index contributed by atoms with van der Waals surface area (Å²) in [5.74, 6) is -0.284. The predicted octanol–water partition coefficient (Wildman–Crippen LogP) is 1.16. The number of carbonyl (C=O) groups is 1. The molecule has 7 heteroatoms. The molecule has 0 aliphatic carbocycles. The second-order valence-corrected chi connectivity index (χ2v) is 7.27. The average molecular weight is 326 g/mol. The lowest BCUT2D eigenvalue weighted by atomic mass is 10.1. The van der Waals surface area contributed by atoms with Crippen molar-refractivity contribution in [1.29, 1.82) is 0 Å². The standard InChI is InChI=1S/C15H22N2O4S/c1-12-5-6-13(22(19,20)17-8-3-4-9-17)11-14(12)15(18)16-7-10-21-2/h5-6,11H,3-4,7-10H2,1-2H3,(H,16,18). The summed E-state index contributed by atoms with van der Waals surface area (Å²) in [5, 5.41) is 2.72. The Bertz CT molecular complexity index is 637. The molecule has 1 fully saturated rings. The fourth-order valence-corrected chi connectivity index (χ4v) is 3.99. The van der Waals surface area contributed by atoms with E-state index in [1.54, 1.807) is 26.2 Å². The highest BCUT2D eigenvalue weighted by molar-refractivity contribution is 7.89. The minimum Gasteiger partial charge on any atom is -0.383 e. The molecule has 0 saturated carbocycles. The van der Waals surface area contributed by atoms with Gasteiger partial charge in [0.15, 0.2) is 0 Å². The average Bonchev–Trinajstić information content (AvgIpc) is 3.02. The normalized spacial score (nSPS) is 15.9. The molecule has 1 aromatic rings. The molecule has 0 aromatic heterocycles. The molecule has 2 rings (SSSR count). The van der Waals surface area contributed by atoms with Gasteiger partial charge < -0.3 is 10.1 Å². The number of hydrogen-bond donors (Lipinski definition) is 1. The first-order valence-corrected chi connectivity index (χ1v) is 8.79.